The van der Waals surface area contributed by atoms with Gasteiger partial charge in [-0.1, -0.05) is 121 Å². The summed E-state index contributed by atoms with van der Waals surface area (Å²) in [4.78, 5) is 26.1. The molecule has 0 aliphatic carbocycles. The molecular formula is C42H48F4O5. The Hall–Kier alpha value is -4.40. The molecule has 0 saturated carbocycles. The molecule has 5 nitrogen and oxygen atoms in total. The highest BCUT2D eigenvalue weighted by atomic mass is 19.4. The minimum Gasteiger partial charge on any atom is -0.494 e. The lowest BCUT2D eigenvalue weighted by Crippen LogP contribution is -2.34. The second-order valence-electron chi connectivity index (χ2n) is 12.9. The van der Waals surface area contributed by atoms with Crippen molar-refractivity contribution in [3.05, 3.63) is 95.8 Å². The Bertz CT molecular complexity index is 1700. The third-order valence-electron chi connectivity index (χ3n) is 8.88. The first-order valence-corrected chi connectivity index (χ1v) is 18.2. The molecule has 1 unspecified atom stereocenters. The van der Waals surface area contributed by atoms with Crippen molar-refractivity contribution in [1.82, 2.24) is 0 Å². The number of carbonyl (C=O) groups is 2. The zero-order chi connectivity index (χ0) is 36.6. The van der Waals surface area contributed by atoms with Crippen molar-refractivity contribution in [3.63, 3.8) is 0 Å². The predicted octanol–water partition coefficient (Wildman–Crippen LogP) is 12.4. The minimum absolute atomic E-state index is 0.0368. The van der Waals surface area contributed by atoms with Crippen molar-refractivity contribution < 1.29 is 41.4 Å². The maximum atomic E-state index is 15.3. The average molecular weight is 709 g/mol. The van der Waals surface area contributed by atoms with Gasteiger partial charge in [-0.2, -0.15) is 13.2 Å². The maximum Gasteiger partial charge on any atom is 0.425 e. The van der Waals surface area contributed by atoms with Gasteiger partial charge in [0, 0.05) is 10.9 Å². The fourth-order valence-electron chi connectivity index (χ4n) is 5.97. The molecule has 0 aromatic heterocycles. The third-order valence-corrected chi connectivity index (χ3v) is 8.88. The summed E-state index contributed by atoms with van der Waals surface area (Å²) in [6.07, 6.45) is 5.02. The molecule has 0 saturated heterocycles. The molecule has 0 fully saturated rings. The van der Waals surface area contributed by atoms with Crippen LogP contribution in [0.25, 0.3) is 21.9 Å². The van der Waals surface area contributed by atoms with E-state index in [4.69, 9.17) is 14.2 Å². The van der Waals surface area contributed by atoms with Gasteiger partial charge in [-0.05, 0) is 66.6 Å². The van der Waals surface area contributed by atoms with Gasteiger partial charge >= 0.3 is 18.1 Å². The van der Waals surface area contributed by atoms with Gasteiger partial charge in [-0.15, -0.1) is 0 Å². The van der Waals surface area contributed by atoms with Gasteiger partial charge in [0.25, 0.3) is 0 Å². The summed E-state index contributed by atoms with van der Waals surface area (Å²) in [5, 5.41) is 0.570. The summed E-state index contributed by atoms with van der Waals surface area (Å²) in [5.41, 5.74) is 0.796. The van der Waals surface area contributed by atoms with Crippen LogP contribution in [0.2, 0.25) is 0 Å². The fourth-order valence-corrected chi connectivity index (χ4v) is 5.97. The Kier molecular flexibility index (Phi) is 15.3. The summed E-state index contributed by atoms with van der Waals surface area (Å²) in [5.74, 6) is -1.81. The molecule has 0 aliphatic rings. The number of hydrogen-bond acceptors (Lipinski definition) is 5. The molecule has 0 N–H and O–H groups in total. The Morgan fingerprint density at radius 3 is 1.96 bits per heavy atom. The number of benzene rings is 4. The maximum absolute atomic E-state index is 15.3. The smallest absolute Gasteiger partial charge is 0.425 e. The molecule has 0 heterocycles. The van der Waals surface area contributed by atoms with Gasteiger partial charge in [0.2, 0.25) is 0 Å². The first kappa shape index (κ1) is 39.4. The lowest BCUT2D eigenvalue weighted by molar-refractivity contribution is -0.206. The van der Waals surface area contributed by atoms with E-state index in [2.05, 4.69) is 6.92 Å². The van der Waals surface area contributed by atoms with E-state index in [-0.39, 0.29) is 35.1 Å². The predicted molar refractivity (Wildman–Crippen MR) is 193 cm³/mol. The van der Waals surface area contributed by atoms with Gasteiger partial charge in [0.15, 0.2) is 6.10 Å². The van der Waals surface area contributed by atoms with E-state index in [1.54, 1.807) is 42.5 Å². The molecular weight excluding hydrogens is 660 g/mol. The van der Waals surface area contributed by atoms with E-state index in [1.807, 2.05) is 6.92 Å². The molecule has 274 valence electrons. The highest BCUT2D eigenvalue weighted by molar-refractivity contribution is 6.07. The molecule has 1 atom stereocenters. The second kappa shape index (κ2) is 19.8. The molecule has 0 bridgehead atoms. The Morgan fingerprint density at radius 2 is 1.31 bits per heavy atom. The average Bonchev–Trinajstić information content (AvgIpc) is 3.12. The van der Waals surface area contributed by atoms with Gasteiger partial charge in [-0.3, -0.25) is 0 Å². The van der Waals surface area contributed by atoms with Gasteiger partial charge in [0.1, 0.15) is 17.3 Å². The largest absolute Gasteiger partial charge is 0.494 e. The number of alkyl halides is 3. The number of fused-ring (bicyclic) bond motifs is 1. The van der Waals surface area contributed by atoms with Gasteiger partial charge < -0.3 is 14.2 Å². The van der Waals surface area contributed by atoms with Crippen LogP contribution in [0.3, 0.4) is 0 Å². The normalized spacial score (nSPS) is 12.1. The Morgan fingerprint density at radius 1 is 0.686 bits per heavy atom. The van der Waals surface area contributed by atoms with Gasteiger partial charge in [0.05, 0.1) is 17.7 Å². The van der Waals surface area contributed by atoms with Crippen molar-refractivity contribution in [1.29, 1.82) is 0 Å². The van der Waals surface area contributed by atoms with Gasteiger partial charge in [-0.25, -0.2) is 14.0 Å². The van der Waals surface area contributed by atoms with Crippen molar-refractivity contribution in [2.45, 2.75) is 110 Å². The Labute approximate surface area is 298 Å². The summed E-state index contributed by atoms with van der Waals surface area (Å²) in [6, 6.07) is 20.1. The minimum atomic E-state index is -4.71. The molecule has 0 spiro atoms. The zero-order valence-corrected chi connectivity index (χ0v) is 29.5. The molecule has 9 heteroatoms. The van der Waals surface area contributed by atoms with Crippen LogP contribution in [0.1, 0.15) is 118 Å². The Balaban J connectivity index is 1.37. The third kappa shape index (κ3) is 11.8. The van der Waals surface area contributed by atoms with E-state index in [9.17, 15) is 22.8 Å². The van der Waals surface area contributed by atoms with Crippen LogP contribution in [0.15, 0.2) is 78.9 Å². The van der Waals surface area contributed by atoms with E-state index in [0.29, 0.717) is 35.3 Å². The summed E-state index contributed by atoms with van der Waals surface area (Å²) < 4.78 is 72.8. The van der Waals surface area contributed by atoms with Crippen LogP contribution in [0.4, 0.5) is 17.6 Å². The number of carbonyl (C=O) groups excluding carboxylic acids is 2. The molecule has 0 aliphatic heterocycles. The van der Waals surface area contributed by atoms with E-state index >= 15 is 4.39 Å². The second-order valence-corrected chi connectivity index (χ2v) is 12.9. The lowest BCUT2D eigenvalue weighted by atomic mass is 10.0. The quantitative estimate of drug-likeness (QED) is 0.0396. The molecule has 51 heavy (non-hydrogen) atoms. The van der Waals surface area contributed by atoms with Crippen molar-refractivity contribution in [3.8, 4) is 22.6 Å². The standard InChI is InChI=1S/C42H48F4O5/c1-3-5-7-9-10-11-12-16-28-49-32-23-20-30(21-24-32)33-25-22-31(29-37(33)43)40(47)50-38-27-26-36(34-17-14-15-18-35(34)38)41(48)51-39(42(44,45)46)19-13-8-6-4-2/h14-15,17-18,20-27,29,39H,3-13,16,19,28H2,1-2H3. The SMILES string of the molecule is CCCCCCCCCCOc1ccc(-c2ccc(C(=O)Oc3ccc(C(=O)OC(CCCCCC)C(F)(F)F)c4ccccc34)cc2F)cc1. The number of unbranched alkanes of at least 4 members (excludes halogenated alkanes) is 10. The first-order chi connectivity index (χ1) is 24.6. The number of ether oxygens (including phenoxy) is 3. The van der Waals surface area contributed by atoms with Crippen molar-refractivity contribution in [2.24, 2.45) is 0 Å². The van der Waals surface area contributed by atoms with Crippen LogP contribution < -0.4 is 9.47 Å². The zero-order valence-electron chi connectivity index (χ0n) is 29.5. The molecule has 4 aromatic rings. The summed E-state index contributed by atoms with van der Waals surface area (Å²) in [6.45, 7) is 4.80. The molecule has 4 rings (SSSR count). The number of halogens is 4. The van der Waals surface area contributed by atoms with Crippen molar-refractivity contribution >= 4 is 22.7 Å². The molecule has 4 aromatic carbocycles. The van der Waals surface area contributed by atoms with E-state index < -0.39 is 30.0 Å². The topological polar surface area (TPSA) is 61.8 Å². The first-order valence-electron chi connectivity index (χ1n) is 18.2. The number of hydrogen-bond donors (Lipinski definition) is 0. The highest BCUT2D eigenvalue weighted by Gasteiger charge is 2.42. The number of rotatable bonds is 20. The summed E-state index contributed by atoms with van der Waals surface area (Å²) in [7, 11) is 0. The molecule has 0 amide bonds. The van der Waals surface area contributed by atoms with Crippen LogP contribution in [0.5, 0.6) is 11.5 Å². The van der Waals surface area contributed by atoms with E-state index in [1.165, 1.54) is 68.9 Å². The fraction of sp³-hybridized carbons (Fsp3) is 0.429. The summed E-state index contributed by atoms with van der Waals surface area (Å²) >= 11 is 0. The lowest BCUT2D eigenvalue weighted by Gasteiger charge is -2.21. The highest BCUT2D eigenvalue weighted by Crippen LogP contribution is 2.33. The van der Waals surface area contributed by atoms with E-state index in [0.717, 1.165) is 31.7 Å². The van der Waals surface area contributed by atoms with Crippen LogP contribution in [-0.2, 0) is 4.74 Å². The van der Waals surface area contributed by atoms with Crippen molar-refractivity contribution in [2.75, 3.05) is 6.61 Å². The monoisotopic (exact) mass is 708 g/mol. The number of esters is 2. The van der Waals surface area contributed by atoms with Crippen LogP contribution >= 0.6 is 0 Å². The van der Waals surface area contributed by atoms with Crippen LogP contribution in [-0.4, -0.2) is 30.8 Å². The molecule has 0 radical (unpaired) electrons. The van der Waals surface area contributed by atoms with Crippen LogP contribution in [0, 0.1) is 5.82 Å².